The second-order valence-corrected chi connectivity index (χ2v) is 4.02. The van der Waals surface area contributed by atoms with Crippen LogP contribution in [0.15, 0.2) is 36.5 Å². The van der Waals surface area contributed by atoms with E-state index in [1.165, 1.54) is 0 Å². The largest absolute Gasteiger partial charge is 0.338 e. The number of hydrogen-bond acceptors (Lipinski definition) is 1. The highest BCUT2D eigenvalue weighted by Gasteiger charge is 1.97. The molecule has 1 aromatic carbocycles. The molecule has 0 aliphatic rings. The zero-order chi connectivity index (χ0) is 12.5. The topological polar surface area (TPSA) is 41.1 Å². The summed E-state index contributed by atoms with van der Waals surface area (Å²) in [6.45, 7) is 2.62. The van der Waals surface area contributed by atoms with Crippen molar-refractivity contribution in [1.82, 2.24) is 10.6 Å². The molecule has 3 nitrogen and oxygen atoms in total. The van der Waals surface area contributed by atoms with Gasteiger partial charge in [0.05, 0.1) is 0 Å². The number of nitrogens with one attached hydrogen (secondary N) is 2. The lowest BCUT2D eigenvalue weighted by atomic mass is 10.1. The van der Waals surface area contributed by atoms with Crippen LogP contribution in [0.1, 0.15) is 18.9 Å². The van der Waals surface area contributed by atoms with Gasteiger partial charge < -0.3 is 10.6 Å². The zero-order valence-electron chi connectivity index (χ0n) is 9.87. The molecule has 0 bridgehead atoms. The molecule has 92 valence electrons. The number of amides is 2. The molecule has 17 heavy (non-hydrogen) atoms. The van der Waals surface area contributed by atoms with Gasteiger partial charge in [-0.1, -0.05) is 36.7 Å². The Bertz CT molecular complexity index is 374. The van der Waals surface area contributed by atoms with Gasteiger partial charge in [0.1, 0.15) is 0 Å². The maximum atomic E-state index is 11.3. The first-order valence-corrected chi connectivity index (χ1v) is 6.04. The van der Waals surface area contributed by atoms with Crippen LogP contribution in [0.5, 0.6) is 0 Å². The summed E-state index contributed by atoms with van der Waals surface area (Å²) in [5, 5.41) is 6.12. The van der Waals surface area contributed by atoms with Crippen LogP contribution in [0.25, 0.3) is 0 Å². The van der Waals surface area contributed by atoms with Crippen LogP contribution < -0.4 is 10.6 Å². The summed E-state index contributed by atoms with van der Waals surface area (Å²) in [6, 6.07) is 7.43. The van der Waals surface area contributed by atoms with Gasteiger partial charge in [-0.2, -0.15) is 0 Å². The normalized spacial score (nSPS) is 10.5. The van der Waals surface area contributed by atoms with Crippen LogP contribution in [-0.4, -0.2) is 12.6 Å². The minimum atomic E-state index is -0.177. The van der Waals surface area contributed by atoms with Crippen LogP contribution in [-0.2, 0) is 6.42 Å². The second kappa shape index (κ2) is 7.74. The quantitative estimate of drug-likeness (QED) is 0.831. The Kier molecular flexibility index (Phi) is 6.18. The Balaban J connectivity index is 2.21. The summed E-state index contributed by atoms with van der Waals surface area (Å²) in [7, 11) is 0. The molecule has 0 radical (unpaired) electrons. The number of carbonyl (C=O) groups excluding carboxylic acids is 1. The molecule has 1 aromatic rings. The van der Waals surface area contributed by atoms with Crippen molar-refractivity contribution in [2.75, 3.05) is 6.54 Å². The summed E-state index contributed by atoms with van der Waals surface area (Å²) in [5.74, 6) is 0. The Morgan fingerprint density at radius 3 is 2.71 bits per heavy atom. The molecule has 0 aliphatic heterocycles. The molecule has 0 unspecified atom stereocenters. The molecule has 2 amide bonds. The Morgan fingerprint density at radius 1 is 1.35 bits per heavy atom. The fourth-order valence-corrected chi connectivity index (χ4v) is 1.40. The van der Waals surface area contributed by atoms with Gasteiger partial charge in [-0.3, -0.25) is 0 Å². The highest BCUT2D eigenvalue weighted by molar-refractivity contribution is 6.30. The number of carbonyl (C=O) groups is 1. The van der Waals surface area contributed by atoms with Gasteiger partial charge in [0, 0.05) is 17.8 Å². The standard InChI is InChI=1S/C13H17ClN2O/c1-2-3-9-15-13(17)16-10-8-11-4-6-12(14)7-5-11/h3-7,9H,2,8,10H2,1H3,(H2,15,16,17)/b9-3+. The first kappa shape index (κ1) is 13.6. The number of urea groups is 1. The van der Waals surface area contributed by atoms with E-state index in [1.807, 2.05) is 37.3 Å². The van der Waals surface area contributed by atoms with E-state index in [1.54, 1.807) is 6.20 Å². The van der Waals surface area contributed by atoms with Crippen molar-refractivity contribution in [1.29, 1.82) is 0 Å². The van der Waals surface area contributed by atoms with Gasteiger partial charge in [-0.25, -0.2) is 4.79 Å². The van der Waals surface area contributed by atoms with Gasteiger partial charge >= 0.3 is 6.03 Å². The zero-order valence-corrected chi connectivity index (χ0v) is 10.6. The Labute approximate surface area is 107 Å². The third-order valence-corrected chi connectivity index (χ3v) is 2.43. The van der Waals surface area contributed by atoms with Crippen molar-refractivity contribution < 1.29 is 4.79 Å². The first-order valence-electron chi connectivity index (χ1n) is 5.66. The van der Waals surface area contributed by atoms with E-state index in [0.29, 0.717) is 6.54 Å². The molecule has 0 saturated carbocycles. The van der Waals surface area contributed by atoms with E-state index in [-0.39, 0.29) is 6.03 Å². The average Bonchev–Trinajstić information content (AvgIpc) is 2.32. The van der Waals surface area contributed by atoms with Crippen LogP contribution in [0, 0.1) is 0 Å². The van der Waals surface area contributed by atoms with Crippen molar-refractivity contribution in [3.05, 3.63) is 47.1 Å². The minimum absolute atomic E-state index is 0.177. The second-order valence-electron chi connectivity index (χ2n) is 3.59. The SMILES string of the molecule is CC/C=C/NC(=O)NCCc1ccc(Cl)cc1. The molecule has 1 rings (SSSR count). The monoisotopic (exact) mass is 252 g/mol. The molecule has 0 atom stereocenters. The third kappa shape index (κ3) is 5.97. The third-order valence-electron chi connectivity index (χ3n) is 2.18. The van der Waals surface area contributed by atoms with Crippen LogP contribution in [0.4, 0.5) is 4.79 Å². The van der Waals surface area contributed by atoms with E-state index < -0.39 is 0 Å². The van der Waals surface area contributed by atoms with E-state index in [0.717, 1.165) is 23.4 Å². The lowest BCUT2D eigenvalue weighted by molar-refractivity contribution is 0.244. The highest BCUT2D eigenvalue weighted by atomic mass is 35.5. The highest BCUT2D eigenvalue weighted by Crippen LogP contribution is 2.09. The molecule has 2 N–H and O–H groups in total. The molecule has 0 aromatic heterocycles. The van der Waals surface area contributed by atoms with E-state index >= 15 is 0 Å². The molecular weight excluding hydrogens is 236 g/mol. The van der Waals surface area contributed by atoms with Crippen LogP contribution >= 0.6 is 11.6 Å². The predicted molar refractivity (Wildman–Crippen MR) is 71.1 cm³/mol. The van der Waals surface area contributed by atoms with E-state index in [9.17, 15) is 4.79 Å². The molecule has 4 heteroatoms. The maximum absolute atomic E-state index is 11.3. The molecular formula is C13H17ClN2O. The molecule has 0 aliphatic carbocycles. The number of benzene rings is 1. The smallest absolute Gasteiger partial charge is 0.318 e. The van der Waals surface area contributed by atoms with Crippen LogP contribution in [0.3, 0.4) is 0 Å². The Morgan fingerprint density at radius 2 is 2.06 bits per heavy atom. The van der Waals surface area contributed by atoms with Crippen molar-refractivity contribution >= 4 is 17.6 Å². The number of rotatable bonds is 5. The van der Waals surface area contributed by atoms with Gasteiger partial charge in [-0.05, 0) is 30.5 Å². The number of halogens is 1. The summed E-state index contributed by atoms with van der Waals surface area (Å²) < 4.78 is 0. The fraction of sp³-hybridized carbons (Fsp3) is 0.308. The van der Waals surface area contributed by atoms with Gasteiger partial charge in [0.15, 0.2) is 0 Å². The summed E-state index contributed by atoms with van der Waals surface area (Å²) >= 11 is 5.78. The lowest BCUT2D eigenvalue weighted by Gasteiger charge is -2.04. The Hall–Kier alpha value is -1.48. The molecule has 0 fully saturated rings. The van der Waals surface area contributed by atoms with E-state index in [4.69, 9.17) is 11.6 Å². The van der Waals surface area contributed by atoms with E-state index in [2.05, 4.69) is 10.6 Å². The van der Waals surface area contributed by atoms with Crippen molar-refractivity contribution in [3.8, 4) is 0 Å². The fourth-order valence-electron chi connectivity index (χ4n) is 1.27. The van der Waals surface area contributed by atoms with Gasteiger partial charge in [0.25, 0.3) is 0 Å². The minimum Gasteiger partial charge on any atom is -0.338 e. The van der Waals surface area contributed by atoms with Crippen molar-refractivity contribution in [2.45, 2.75) is 19.8 Å². The van der Waals surface area contributed by atoms with Crippen molar-refractivity contribution in [3.63, 3.8) is 0 Å². The molecule has 0 heterocycles. The first-order chi connectivity index (χ1) is 8.22. The number of hydrogen-bond donors (Lipinski definition) is 2. The molecule has 0 spiro atoms. The van der Waals surface area contributed by atoms with Crippen LogP contribution in [0.2, 0.25) is 5.02 Å². The van der Waals surface area contributed by atoms with Gasteiger partial charge in [0.2, 0.25) is 0 Å². The summed E-state index contributed by atoms with van der Waals surface area (Å²) in [6.07, 6.45) is 5.24. The average molecular weight is 253 g/mol. The maximum Gasteiger partial charge on any atom is 0.318 e. The molecule has 0 saturated heterocycles. The lowest BCUT2D eigenvalue weighted by Crippen LogP contribution is -2.33. The summed E-state index contributed by atoms with van der Waals surface area (Å²) in [4.78, 5) is 11.3. The van der Waals surface area contributed by atoms with Crippen molar-refractivity contribution in [2.24, 2.45) is 0 Å². The predicted octanol–water partition coefficient (Wildman–Crippen LogP) is 3.11. The number of allylic oxidation sites excluding steroid dienone is 1. The summed E-state index contributed by atoms with van der Waals surface area (Å²) in [5.41, 5.74) is 1.15. The van der Waals surface area contributed by atoms with Gasteiger partial charge in [-0.15, -0.1) is 0 Å².